The van der Waals surface area contributed by atoms with E-state index in [1.54, 1.807) is 0 Å². The summed E-state index contributed by atoms with van der Waals surface area (Å²) in [5.41, 5.74) is 4.20. The fourth-order valence-corrected chi connectivity index (χ4v) is 4.23. The number of nitrogens with one attached hydrogen (secondary N) is 2. The van der Waals surface area contributed by atoms with E-state index in [2.05, 4.69) is 16.3 Å². The number of hydrogen-bond donors (Lipinski definition) is 2. The Labute approximate surface area is 176 Å². The number of amides is 1. The highest BCUT2D eigenvalue weighted by Gasteiger charge is 2.37. The summed E-state index contributed by atoms with van der Waals surface area (Å²) in [7, 11) is 1.40. The number of anilines is 2. The topological polar surface area (TPSA) is 72.3 Å². The first kappa shape index (κ1) is 20.4. The van der Waals surface area contributed by atoms with Crippen molar-refractivity contribution < 1.29 is 24.0 Å². The Hall–Kier alpha value is -2.90. The van der Waals surface area contributed by atoms with Crippen LogP contribution in [-0.4, -0.2) is 57.9 Å². The third-order valence-corrected chi connectivity index (χ3v) is 5.85. The van der Waals surface area contributed by atoms with Gasteiger partial charge in [-0.25, -0.2) is 4.79 Å². The molecule has 2 aromatic rings. The molecule has 0 bridgehead atoms. The quantitative estimate of drug-likeness (QED) is 0.708. The molecule has 0 spiro atoms. The lowest BCUT2D eigenvalue weighted by atomic mass is 9.94. The summed E-state index contributed by atoms with van der Waals surface area (Å²) in [6.07, 6.45) is 0.583. The van der Waals surface area contributed by atoms with Crippen molar-refractivity contribution in [2.24, 2.45) is 0 Å². The second-order valence-corrected chi connectivity index (χ2v) is 7.75. The van der Waals surface area contributed by atoms with Gasteiger partial charge in [-0.3, -0.25) is 4.79 Å². The highest BCUT2D eigenvalue weighted by molar-refractivity contribution is 5.91. The van der Waals surface area contributed by atoms with E-state index in [1.165, 1.54) is 12.7 Å². The van der Waals surface area contributed by atoms with Crippen LogP contribution in [0.1, 0.15) is 11.1 Å². The van der Waals surface area contributed by atoms with Crippen molar-refractivity contribution in [3.63, 3.8) is 0 Å². The number of fused-ring (bicyclic) bond motifs is 1. The summed E-state index contributed by atoms with van der Waals surface area (Å²) < 4.78 is 10.4. The van der Waals surface area contributed by atoms with E-state index >= 15 is 0 Å². The number of nitrogens with zero attached hydrogens (tertiary/aromatic N) is 1. The molecule has 1 saturated heterocycles. The standard InChI is InChI=1S/C23H27N3O4/c1-29-23(28)21-14-17-4-2-3-5-18(17)15-26(21)16-22(27)24-19-6-8-20(9-7-19)25-10-12-30-13-11-25/h2-9,21H,10-16H2,1H3,(H,24,27)/p+1/t21-/m0/s1. The van der Waals surface area contributed by atoms with Crippen molar-refractivity contribution in [2.75, 3.05) is 50.2 Å². The fourth-order valence-electron chi connectivity index (χ4n) is 4.23. The number of benzene rings is 2. The molecule has 1 fully saturated rings. The van der Waals surface area contributed by atoms with Gasteiger partial charge in [0, 0.05) is 36.4 Å². The predicted molar refractivity (Wildman–Crippen MR) is 114 cm³/mol. The summed E-state index contributed by atoms with van der Waals surface area (Å²) in [6.45, 7) is 4.06. The van der Waals surface area contributed by atoms with Gasteiger partial charge in [0.25, 0.3) is 5.91 Å². The largest absolute Gasteiger partial charge is 0.465 e. The molecule has 7 nitrogen and oxygen atoms in total. The van der Waals surface area contributed by atoms with Crippen LogP contribution in [0.15, 0.2) is 48.5 Å². The van der Waals surface area contributed by atoms with E-state index in [9.17, 15) is 9.59 Å². The average molecular weight is 410 g/mol. The van der Waals surface area contributed by atoms with Crippen LogP contribution < -0.4 is 15.1 Å². The summed E-state index contributed by atoms with van der Waals surface area (Å²) in [4.78, 5) is 28.2. The van der Waals surface area contributed by atoms with E-state index in [1.807, 2.05) is 42.5 Å². The van der Waals surface area contributed by atoms with Crippen LogP contribution in [0.4, 0.5) is 11.4 Å². The number of methoxy groups -OCH3 is 1. The maximum atomic E-state index is 12.7. The lowest BCUT2D eigenvalue weighted by Crippen LogP contribution is -3.17. The molecule has 2 aromatic carbocycles. The summed E-state index contributed by atoms with van der Waals surface area (Å²) in [5, 5.41) is 2.97. The SMILES string of the molecule is COC(=O)[C@@H]1Cc2ccccc2C[NH+]1CC(=O)Nc1ccc(N2CCOCC2)cc1. The minimum atomic E-state index is -0.376. The highest BCUT2D eigenvalue weighted by atomic mass is 16.5. The van der Waals surface area contributed by atoms with Crippen LogP contribution in [0.2, 0.25) is 0 Å². The molecule has 0 radical (unpaired) electrons. The number of hydrogen-bond acceptors (Lipinski definition) is 5. The Morgan fingerprint density at radius 2 is 1.80 bits per heavy atom. The van der Waals surface area contributed by atoms with Crippen LogP contribution in [0.3, 0.4) is 0 Å². The van der Waals surface area contributed by atoms with E-state index in [-0.39, 0.29) is 24.5 Å². The first-order chi connectivity index (χ1) is 14.6. The van der Waals surface area contributed by atoms with Crippen LogP contribution >= 0.6 is 0 Å². The van der Waals surface area contributed by atoms with Gasteiger partial charge in [0.1, 0.15) is 6.54 Å². The minimum absolute atomic E-state index is 0.114. The number of morpholine rings is 1. The molecule has 158 valence electrons. The monoisotopic (exact) mass is 410 g/mol. The number of carbonyl (C=O) groups excluding carboxylic acids is 2. The Balaban J connectivity index is 1.40. The summed E-state index contributed by atoms with van der Waals surface area (Å²) >= 11 is 0. The molecule has 2 heterocycles. The molecule has 30 heavy (non-hydrogen) atoms. The Kier molecular flexibility index (Phi) is 6.30. The zero-order chi connectivity index (χ0) is 20.9. The zero-order valence-corrected chi connectivity index (χ0v) is 17.2. The first-order valence-electron chi connectivity index (χ1n) is 10.4. The van der Waals surface area contributed by atoms with E-state index in [4.69, 9.17) is 9.47 Å². The van der Waals surface area contributed by atoms with E-state index < -0.39 is 0 Å². The van der Waals surface area contributed by atoms with E-state index in [0.29, 0.717) is 13.0 Å². The molecule has 2 aliphatic rings. The Morgan fingerprint density at radius 1 is 1.10 bits per heavy atom. The van der Waals surface area contributed by atoms with Gasteiger partial charge in [-0.05, 0) is 29.8 Å². The van der Waals surface area contributed by atoms with Gasteiger partial charge < -0.3 is 24.6 Å². The molecular formula is C23H28N3O4+. The molecule has 2 atom stereocenters. The van der Waals surface area contributed by atoms with E-state index in [0.717, 1.165) is 48.1 Å². The molecule has 0 saturated carbocycles. The van der Waals surface area contributed by atoms with Gasteiger partial charge in [-0.15, -0.1) is 0 Å². The highest BCUT2D eigenvalue weighted by Crippen LogP contribution is 2.19. The molecule has 4 rings (SSSR count). The number of quaternary nitrogens is 1. The molecule has 0 aliphatic carbocycles. The van der Waals surface area contributed by atoms with Gasteiger partial charge in [-0.2, -0.15) is 0 Å². The Bertz CT molecular complexity index is 894. The maximum absolute atomic E-state index is 12.7. The first-order valence-corrected chi connectivity index (χ1v) is 10.4. The average Bonchev–Trinajstić information content (AvgIpc) is 2.79. The van der Waals surface area contributed by atoms with Crippen molar-refractivity contribution in [3.05, 3.63) is 59.7 Å². The van der Waals surface area contributed by atoms with Crippen molar-refractivity contribution >= 4 is 23.3 Å². The van der Waals surface area contributed by atoms with Gasteiger partial charge in [0.15, 0.2) is 12.6 Å². The van der Waals surface area contributed by atoms with Crippen LogP contribution in [0.25, 0.3) is 0 Å². The number of rotatable bonds is 5. The maximum Gasteiger partial charge on any atom is 0.365 e. The second-order valence-electron chi connectivity index (χ2n) is 7.75. The lowest BCUT2D eigenvalue weighted by molar-refractivity contribution is -0.924. The van der Waals surface area contributed by atoms with Crippen LogP contribution in [0, 0.1) is 0 Å². The molecular weight excluding hydrogens is 382 g/mol. The molecule has 2 N–H and O–H groups in total. The lowest BCUT2D eigenvalue weighted by Gasteiger charge is -2.31. The van der Waals surface area contributed by atoms with Gasteiger partial charge in [0.2, 0.25) is 0 Å². The zero-order valence-electron chi connectivity index (χ0n) is 17.2. The van der Waals surface area contributed by atoms with Gasteiger partial charge in [0.05, 0.1) is 20.3 Å². The molecule has 2 aliphatic heterocycles. The van der Waals surface area contributed by atoms with Crippen molar-refractivity contribution in [3.8, 4) is 0 Å². The molecule has 1 amide bonds. The number of ether oxygens (including phenoxy) is 2. The normalized spacial score (nSPS) is 20.9. The van der Waals surface area contributed by atoms with Crippen LogP contribution in [0.5, 0.6) is 0 Å². The van der Waals surface area contributed by atoms with Gasteiger partial charge >= 0.3 is 5.97 Å². The summed E-state index contributed by atoms with van der Waals surface area (Å²) in [5.74, 6) is -0.389. The number of carbonyl (C=O) groups is 2. The smallest absolute Gasteiger partial charge is 0.365 e. The molecule has 1 unspecified atom stereocenters. The third kappa shape index (κ3) is 4.63. The van der Waals surface area contributed by atoms with Gasteiger partial charge in [-0.1, -0.05) is 24.3 Å². The minimum Gasteiger partial charge on any atom is -0.465 e. The van der Waals surface area contributed by atoms with Crippen molar-refractivity contribution in [1.29, 1.82) is 0 Å². The predicted octanol–water partition coefficient (Wildman–Crippen LogP) is 0.645. The number of esters is 1. The second kappa shape index (κ2) is 9.28. The van der Waals surface area contributed by atoms with Crippen molar-refractivity contribution in [2.45, 2.75) is 19.0 Å². The summed E-state index contributed by atoms with van der Waals surface area (Å²) in [6, 6.07) is 15.6. The fraction of sp³-hybridized carbons (Fsp3) is 0.391. The molecule has 0 aromatic heterocycles. The third-order valence-electron chi connectivity index (χ3n) is 5.85. The molecule has 7 heteroatoms. The van der Waals surface area contributed by atoms with Crippen LogP contribution in [-0.2, 0) is 32.0 Å². The van der Waals surface area contributed by atoms with Crippen molar-refractivity contribution in [1.82, 2.24) is 0 Å². The Morgan fingerprint density at radius 3 is 2.50 bits per heavy atom.